The van der Waals surface area contributed by atoms with Gasteiger partial charge in [0, 0.05) is 19.8 Å². The summed E-state index contributed by atoms with van der Waals surface area (Å²) >= 11 is 0. The van der Waals surface area contributed by atoms with Crippen molar-refractivity contribution >= 4 is 6.21 Å². The highest BCUT2D eigenvalue weighted by molar-refractivity contribution is 5.80. The number of nitrogens with zero attached hydrogens (tertiary/aromatic N) is 1. The van der Waals surface area contributed by atoms with Gasteiger partial charge < -0.3 is 5.32 Å². The molecule has 1 N–H and O–H groups in total. The number of aliphatic imine (C=N–C) groups is 1. The van der Waals surface area contributed by atoms with E-state index in [9.17, 15) is 0 Å². The van der Waals surface area contributed by atoms with Crippen LogP contribution in [0.15, 0.2) is 16.1 Å². The van der Waals surface area contributed by atoms with Gasteiger partial charge in [-0.3, -0.25) is 4.99 Å². The maximum absolute atomic E-state index is 3.99. The quantitative estimate of drug-likeness (QED) is 0.537. The van der Waals surface area contributed by atoms with Crippen molar-refractivity contribution in [3.8, 4) is 0 Å². The average molecular weight is 138 g/mol. The van der Waals surface area contributed by atoms with Crippen LogP contribution in [-0.2, 0) is 0 Å². The Labute approximate surface area is 62.0 Å². The minimum Gasteiger partial charge on any atom is -0.312 e. The van der Waals surface area contributed by atoms with Crippen LogP contribution in [0.2, 0.25) is 0 Å². The van der Waals surface area contributed by atoms with Crippen LogP contribution >= 0.6 is 0 Å². The van der Waals surface area contributed by atoms with Crippen LogP contribution in [0.3, 0.4) is 0 Å². The Morgan fingerprint density at radius 3 is 3.00 bits per heavy atom. The van der Waals surface area contributed by atoms with Gasteiger partial charge >= 0.3 is 0 Å². The lowest BCUT2D eigenvalue weighted by atomic mass is 10.0. The number of nitrogens with one attached hydrogen (secondary N) is 1. The molecule has 56 valence electrons. The smallest absolute Gasteiger partial charge is 0.0277 e. The molecule has 0 aromatic rings. The number of hydrogen-bond acceptors (Lipinski definition) is 2. The molecule has 0 saturated carbocycles. The fraction of sp³-hybridized carbons (Fsp3) is 0.625. The Balaban J connectivity index is 2.68. The van der Waals surface area contributed by atoms with E-state index in [1.54, 1.807) is 0 Å². The first-order valence-corrected chi connectivity index (χ1v) is 3.66. The lowest BCUT2D eigenvalue weighted by molar-refractivity contribution is 0.693. The van der Waals surface area contributed by atoms with Crippen LogP contribution in [0.1, 0.15) is 13.3 Å². The molecule has 0 amide bonds. The van der Waals surface area contributed by atoms with Gasteiger partial charge in [0.1, 0.15) is 0 Å². The second-order valence-corrected chi connectivity index (χ2v) is 2.62. The van der Waals surface area contributed by atoms with Crippen molar-refractivity contribution in [2.75, 3.05) is 20.1 Å². The van der Waals surface area contributed by atoms with E-state index in [1.165, 1.54) is 17.6 Å². The van der Waals surface area contributed by atoms with Crippen molar-refractivity contribution in [2.24, 2.45) is 4.99 Å². The van der Waals surface area contributed by atoms with Crippen LogP contribution in [0, 0.1) is 0 Å². The summed E-state index contributed by atoms with van der Waals surface area (Å²) in [5.74, 6) is 0. The van der Waals surface area contributed by atoms with E-state index in [1.807, 2.05) is 13.3 Å². The van der Waals surface area contributed by atoms with Gasteiger partial charge in [-0.25, -0.2) is 0 Å². The molecule has 0 aliphatic carbocycles. The predicted molar refractivity (Wildman–Crippen MR) is 44.6 cm³/mol. The van der Waals surface area contributed by atoms with Crippen molar-refractivity contribution in [3.63, 3.8) is 0 Å². The average Bonchev–Trinajstić information content (AvgIpc) is 1.94. The summed E-state index contributed by atoms with van der Waals surface area (Å²) in [4.78, 5) is 3.99. The normalized spacial score (nSPS) is 20.6. The van der Waals surface area contributed by atoms with Crippen molar-refractivity contribution in [3.05, 3.63) is 11.1 Å². The van der Waals surface area contributed by atoms with Crippen molar-refractivity contribution in [1.29, 1.82) is 0 Å². The summed E-state index contributed by atoms with van der Waals surface area (Å²) in [6.45, 7) is 4.29. The highest BCUT2D eigenvalue weighted by Gasteiger charge is 2.04. The fourth-order valence-corrected chi connectivity index (χ4v) is 1.12. The summed E-state index contributed by atoms with van der Waals surface area (Å²) in [6.07, 6.45) is 3.11. The largest absolute Gasteiger partial charge is 0.312 e. The molecule has 2 nitrogen and oxygen atoms in total. The summed E-state index contributed by atoms with van der Waals surface area (Å²) < 4.78 is 0. The molecule has 10 heavy (non-hydrogen) atoms. The van der Waals surface area contributed by atoms with Crippen LogP contribution in [0.25, 0.3) is 0 Å². The van der Waals surface area contributed by atoms with E-state index >= 15 is 0 Å². The monoisotopic (exact) mass is 138 g/mol. The topological polar surface area (TPSA) is 24.4 Å². The Morgan fingerprint density at radius 1 is 1.60 bits per heavy atom. The summed E-state index contributed by atoms with van der Waals surface area (Å²) in [7, 11) is 1.81. The molecule has 1 aliphatic heterocycles. The molecule has 1 aliphatic rings. The van der Waals surface area contributed by atoms with E-state index in [-0.39, 0.29) is 0 Å². The molecule has 0 aromatic carbocycles. The molecule has 0 radical (unpaired) electrons. The van der Waals surface area contributed by atoms with Gasteiger partial charge in [-0.15, -0.1) is 0 Å². The van der Waals surface area contributed by atoms with Crippen molar-refractivity contribution in [2.45, 2.75) is 13.3 Å². The molecule has 1 heterocycles. The SMILES string of the molecule is CN=CC1=C(C)CCNC1. The van der Waals surface area contributed by atoms with Crippen molar-refractivity contribution in [1.82, 2.24) is 5.32 Å². The molecule has 0 atom stereocenters. The lowest BCUT2D eigenvalue weighted by Gasteiger charge is -2.15. The van der Waals surface area contributed by atoms with Crippen LogP contribution in [0.4, 0.5) is 0 Å². The summed E-state index contributed by atoms with van der Waals surface area (Å²) in [5, 5.41) is 3.30. The van der Waals surface area contributed by atoms with E-state index in [0.717, 1.165) is 13.1 Å². The van der Waals surface area contributed by atoms with Gasteiger partial charge in [-0.05, 0) is 25.5 Å². The van der Waals surface area contributed by atoms with Gasteiger partial charge in [-0.2, -0.15) is 0 Å². The van der Waals surface area contributed by atoms with E-state index in [0.29, 0.717) is 0 Å². The third kappa shape index (κ3) is 1.67. The third-order valence-electron chi connectivity index (χ3n) is 1.83. The second kappa shape index (κ2) is 3.52. The molecule has 0 unspecified atom stereocenters. The molecular formula is C8H14N2. The van der Waals surface area contributed by atoms with Gasteiger partial charge in [0.25, 0.3) is 0 Å². The molecule has 0 fully saturated rings. The van der Waals surface area contributed by atoms with Crippen molar-refractivity contribution < 1.29 is 0 Å². The molecular weight excluding hydrogens is 124 g/mol. The summed E-state index contributed by atoms with van der Waals surface area (Å²) in [5.41, 5.74) is 2.83. The third-order valence-corrected chi connectivity index (χ3v) is 1.83. The maximum atomic E-state index is 3.99. The van der Waals surface area contributed by atoms with Gasteiger partial charge in [0.15, 0.2) is 0 Å². The minimum atomic E-state index is 0.989. The first kappa shape index (κ1) is 7.48. The Kier molecular flexibility index (Phi) is 2.63. The first-order chi connectivity index (χ1) is 4.84. The summed E-state index contributed by atoms with van der Waals surface area (Å²) in [6, 6.07) is 0. The number of rotatable bonds is 1. The highest BCUT2D eigenvalue weighted by Crippen LogP contribution is 2.08. The molecule has 0 aromatic heterocycles. The lowest BCUT2D eigenvalue weighted by Crippen LogP contribution is -2.24. The molecule has 0 bridgehead atoms. The van der Waals surface area contributed by atoms with E-state index in [2.05, 4.69) is 17.2 Å². The molecule has 1 rings (SSSR count). The number of hydrogen-bond donors (Lipinski definition) is 1. The van der Waals surface area contributed by atoms with Crippen LogP contribution < -0.4 is 5.32 Å². The zero-order valence-corrected chi connectivity index (χ0v) is 6.65. The Hall–Kier alpha value is -0.630. The second-order valence-electron chi connectivity index (χ2n) is 2.62. The maximum Gasteiger partial charge on any atom is 0.0277 e. The van der Waals surface area contributed by atoms with Gasteiger partial charge in [-0.1, -0.05) is 5.57 Å². The van der Waals surface area contributed by atoms with Gasteiger partial charge in [0.05, 0.1) is 0 Å². The molecule has 2 heteroatoms. The molecule has 0 spiro atoms. The Bertz CT molecular complexity index is 168. The van der Waals surface area contributed by atoms with Gasteiger partial charge in [0.2, 0.25) is 0 Å². The van der Waals surface area contributed by atoms with E-state index < -0.39 is 0 Å². The Morgan fingerprint density at radius 2 is 2.40 bits per heavy atom. The molecule has 0 saturated heterocycles. The fourth-order valence-electron chi connectivity index (χ4n) is 1.12. The van der Waals surface area contributed by atoms with E-state index in [4.69, 9.17) is 0 Å². The first-order valence-electron chi connectivity index (χ1n) is 3.66. The zero-order chi connectivity index (χ0) is 7.40. The standard InChI is InChI=1S/C8H14N2/c1-7-3-4-10-6-8(7)5-9-2/h5,10H,3-4,6H2,1-2H3. The highest BCUT2D eigenvalue weighted by atomic mass is 14.9. The van der Waals surface area contributed by atoms with Crippen LogP contribution in [0.5, 0.6) is 0 Å². The zero-order valence-electron chi connectivity index (χ0n) is 6.65. The van der Waals surface area contributed by atoms with Crippen LogP contribution in [-0.4, -0.2) is 26.4 Å². The predicted octanol–water partition coefficient (Wildman–Crippen LogP) is 0.997. The minimum absolute atomic E-state index is 0.989.